The van der Waals surface area contributed by atoms with Gasteiger partial charge in [0.15, 0.2) is 0 Å². The van der Waals surface area contributed by atoms with E-state index >= 15 is 0 Å². The maximum absolute atomic E-state index is 13.3. The molecular weight excluding hydrogens is 600 g/mol. The van der Waals surface area contributed by atoms with Crippen LogP contribution in [0.2, 0.25) is 0 Å². The third-order valence-corrected chi connectivity index (χ3v) is 14.4. The van der Waals surface area contributed by atoms with Crippen LogP contribution in [0.25, 0.3) is 0 Å². The molecule has 1 unspecified atom stereocenters. The third-order valence-electron chi connectivity index (χ3n) is 14.4. The van der Waals surface area contributed by atoms with Gasteiger partial charge in [-0.15, -0.1) is 0 Å². The zero-order valence-electron chi connectivity index (χ0n) is 30.0. The number of carboxylic acids is 1. The second-order valence-electron chi connectivity index (χ2n) is 16.9. The van der Waals surface area contributed by atoms with Crippen LogP contribution in [0.1, 0.15) is 93.9 Å². The highest BCUT2D eigenvalue weighted by molar-refractivity contribution is 5.83. The number of nitrogens with one attached hydrogen (secondary N) is 2. The van der Waals surface area contributed by atoms with Gasteiger partial charge in [-0.05, 0) is 85.5 Å². The summed E-state index contributed by atoms with van der Waals surface area (Å²) in [5, 5.41) is 16.3. The first-order chi connectivity index (χ1) is 21.9. The van der Waals surface area contributed by atoms with E-state index in [4.69, 9.17) is 14.2 Å². The molecule has 0 spiro atoms. The maximum Gasteiger partial charge on any atom is 0.325 e. The summed E-state index contributed by atoms with van der Waals surface area (Å²) in [7, 11) is 1.65. The molecule has 10 heteroatoms. The van der Waals surface area contributed by atoms with Gasteiger partial charge in [0, 0.05) is 17.8 Å². The van der Waals surface area contributed by atoms with E-state index in [9.17, 15) is 24.3 Å². The van der Waals surface area contributed by atoms with Crippen molar-refractivity contribution < 1.29 is 38.5 Å². The van der Waals surface area contributed by atoms with E-state index in [0.717, 1.165) is 25.7 Å². The maximum atomic E-state index is 13.3. The number of fused-ring (bicyclic) bond motifs is 3. The lowest BCUT2D eigenvalue weighted by Gasteiger charge is -2.71. The van der Waals surface area contributed by atoms with Crippen molar-refractivity contribution in [2.45, 2.75) is 106 Å². The van der Waals surface area contributed by atoms with E-state index in [1.807, 2.05) is 0 Å². The van der Waals surface area contributed by atoms with Crippen LogP contribution in [-0.4, -0.2) is 74.5 Å². The largest absolute Gasteiger partial charge is 0.481 e. The molecule has 1 amide bonds. The molecule has 5 rings (SSSR count). The van der Waals surface area contributed by atoms with E-state index in [1.54, 1.807) is 7.05 Å². The molecule has 0 aromatic rings. The van der Waals surface area contributed by atoms with E-state index in [1.165, 1.54) is 12.5 Å². The Morgan fingerprint density at radius 1 is 1.00 bits per heavy atom. The Balaban J connectivity index is 1.53. The predicted octanol–water partition coefficient (Wildman–Crippen LogP) is 4.75. The standard InChI is InChI=1S/C37H58N2O8/c1-21(2)22(3)33(5)14-15-35(7)24-10-11-27-34(6)19-45-20-37(27,25(24)12-13-36(35,8)30(33)32(43)44)16-26(46-23(4)40)31(34)47-29(42)18-39-28(41)17-38-9/h12,21-22,24,26-27,30-31,38H,10-11,13-20H2,1-9H3,(H,39,41)(H,43,44)/t22?,24-,26+,27-,30+,31-,33+,34+,35+,36-,37+/m0/s1. The average Bonchev–Trinajstić information content (AvgIpc) is 2.98. The van der Waals surface area contributed by atoms with Crippen molar-refractivity contribution in [2.24, 2.45) is 56.7 Å². The Morgan fingerprint density at radius 3 is 2.32 bits per heavy atom. The first-order valence-corrected chi connectivity index (χ1v) is 17.7. The predicted molar refractivity (Wildman–Crippen MR) is 176 cm³/mol. The SMILES string of the molecule is CNCC(=O)NCC(=O)O[C@H]1[C@H](OC(C)=O)C[C@]23COC[C@]1(C)[C@@H]2CC[C@H]1C3=CC[C@@]2(C)[C@H](C(=O)O)[C@@](C)(C(C)C(C)C)CC[C@]12C. The summed E-state index contributed by atoms with van der Waals surface area (Å²) in [4.78, 5) is 50.9. The van der Waals surface area contributed by atoms with Crippen LogP contribution in [0.5, 0.6) is 0 Å². The quantitative estimate of drug-likeness (QED) is 0.236. The van der Waals surface area contributed by atoms with Gasteiger partial charge in [-0.3, -0.25) is 19.2 Å². The number of carbonyl (C=O) groups excluding carboxylic acids is 3. The van der Waals surface area contributed by atoms with Crippen molar-refractivity contribution in [1.82, 2.24) is 10.6 Å². The van der Waals surface area contributed by atoms with Gasteiger partial charge >= 0.3 is 17.9 Å². The fourth-order valence-electron chi connectivity index (χ4n) is 11.7. The zero-order chi connectivity index (χ0) is 34.7. The molecule has 2 bridgehead atoms. The molecular formula is C37H58N2O8. The fraction of sp³-hybridized carbons (Fsp3) is 0.838. The minimum atomic E-state index is -0.732. The summed E-state index contributed by atoms with van der Waals surface area (Å²) in [5.41, 5.74) is -0.728. The lowest BCUT2D eigenvalue weighted by atomic mass is 9.34. The van der Waals surface area contributed by atoms with Gasteiger partial charge in [0.05, 0.1) is 25.7 Å². The molecule has 264 valence electrons. The number of esters is 2. The molecule has 1 saturated heterocycles. The van der Waals surface area contributed by atoms with Crippen LogP contribution in [0.4, 0.5) is 0 Å². The van der Waals surface area contributed by atoms with Gasteiger partial charge in [0.25, 0.3) is 0 Å². The normalized spacial score (nSPS) is 42.9. The monoisotopic (exact) mass is 658 g/mol. The van der Waals surface area contributed by atoms with Crippen LogP contribution in [0.3, 0.4) is 0 Å². The number of hydrogen-bond donors (Lipinski definition) is 3. The van der Waals surface area contributed by atoms with E-state index in [-0.39, 0.29) is 47.6 Å². The Labute approximate surface area is 280 Å². The number of aliphatic carboxylic acids is 1. The number of allylic oxidation sites excluding steroid dienone is 1. The van der Waals surface area contributed by atoms with Gasteiger partial charge in [-0.1, -0.05) is 60.1 Å². The number of rotatable bonds is 9. The Bertz CT molecular complexity index is 1310. The van der Waals surface area contributed by atoms with Crippen molar-refractivity contribution in [2.75, 3.05) is 33.4 Å². The lowest BCUT2D eigenvalue weighted by molar-refractivity contribution is -0.262. The summed E-state index contributed by atoms with van der Waals surface area (Å²) in [5.74, 6) is -1.57. The number of ether oxygens (including phenoxy) is 3. The number of carbonyl (C=O) groups is 4. The molecule has 10 nitrogen and oxygen atoms in total. The molecule has 4 fully saturated rings. The minimum absolute atomic E-state index is 0.0837. The molecule has 11 atom stereocenters. The van der Waals surface area contributed by atoms with Crippen molar-refractivity contribution >= 4 is 23.8 Å². The summed E-state index contributed by atoms with van der Waals surface area (Å²) in [6, 6.07) is 0. The summed E-state index contributed by atoms with van der Waals surface area (Å²) >= 11 is 0. The average molecular weight is 659 g/mol. The highest BCUT2D eigenvalue weighted by Crippen LogP contribution is 2.75. The van der Waals surface area contributed by atoms with Crippen LogP contribution in [0.15, 0.2) is 11.6 Å². The number of amides is 1. The van der Waals surface area contributed by atoms with Gasteiger partial charge in [0.1, 0.15) is 18.8 Å². The topological polar surface area (TPSA) is 140 Å². The van der Waals surface area contributed by atoms with Crippen molar-refractivity contribution in [1.29, 1.82) is 0 Å². The number of carboxylic acid groups (broad SMARTS) is 1. The van der Waals surface area contributed by atoms with Crippen molar-refractivity contribution in [3.05, 3.63) is 11.6 Å². The van der Waals surface area contributed by atoms with Crippen LogP contribution < -0.4 is 10.6 Å². The van der Waals surface area contributed by atoms with Gasteiger partial charge in [-0.2, -0.15) is 0 Å². The third kappa shape index (κ3) is 5.44. The molecule has 0 aromatic heterocycles. The molecule has 3 N–H and O–H groups in total. The fourth-order valence-corrected chi connectivity index (χ4v) is 11.7. The van der Waals surface area contributed by atoms with Gasteiger partial charge in [0.2, 0.25) is 5.91 Å². The zero-order valence-corrected chi connectivity index (χ0v) is 30.0. The smallest absolute Gasteiger partial charge is 0.325 e. The lowest BCUT2D eigenvalue weighted by Crippen LogP contribution is -2.70. The number of likely N-dealkylation sites (N-methyl/N-ethyl adjacent to an activating group) is 1. The summed E-state index contributed by atoms with van der Waals surface area (Å²) in [6.07, 6.45) is 5.69. The minimum Gasteiger partial charge on any atom is -0.481 e. The molecule has 1 aliphatic heterocycles. The van der Waals surface area contributed by atoms with Crippen LogP contribution in [-0.2, 0) is 33.4 Å². The van der Waals surface area contributed by atoms with Crippen LogP contribution >= 0.6 is 0 Å². The second-order valence-corrected chi connectivity index (χ2v) is 16.9. The molecule has 3 saturated carbocycles. The highest BCUT2D eigenvalue weighted by Gasteiger charge is 2.72. The summed E-state index contributed by atoms with van der Waals surface area (Å²) in [6.45, 7) is 17.6. The molecule has 0 aromatic carbocycles. The molecule has 4 aliphatic carbocycles. The first-order valence-electron chi connectivity index (χ1n) is 17.7. The van der Waals surface area contributed by atoms with Gasteiger partial charge in [-0.25, -0.2) is 0 Å². The Morgan fingerprint density at radius 2 is 1.70 bits per heavy atom. The summed E-state index contributed by atoms with van der Waals surface area (Å²) < 4.78 is 18.6. The van der Waals surface area contributed by atoms with E-state index in [2.05, 4.69) is 65.2 Å². The van der Waals surface area contributed by atoms with Crippen molar-refractivity contribution in [3.63, 3.8) is 0 Å². The molecule has 5 aliphatic rings. The van der Waals surface area contributed by atoms with Crippen molar-refractivity contribution in [3.8, 4) is 0 Å². The highest BCUT2D eigenvalue weighted by atomic mass is 16.6. The van der Waals surface area contributed by atoms with Crippen LogP contribution in [0, 0.1) is 56.7 Å². The Kier molecular flexibility index (Phi) is 9.50. The van der Waals surface area contributed by atoms with E-state index < -0.39 is 52.3 Å². The van der Waals surface area contributed by atoms with Gasteiger partial charge < -0.3 is 30.0 Å². The number of hydrogen-bond acceptors (Lipinski definition) is 8. The molecule has 47 heavy (non-hydrogen) atoms. The molecule has 0 radical (unpaired) electrons. The van der Waals surface area contributed by atoms with E-state index in [0.29, 0.717) is 32.0 Å². The second kappa shape index (κ2) is 12.5. The Hall–Kier alpha value is -2.46. The molecule has 1 heterocycles. The first kappa shape index (κ1) is 35.8.